The van der Waals surface area contributed by atoms with Crippen molar-refractivity contribution in [2.45, 2.75) is 58.8 Å². The third-order valence-electron chi connectivity index (χ3n) is 5.40. The highest BCUT2D eigenvalue weighted by Gasteiger charge is 2.12. The number of hydrogen-bond acceptors (Lipinski definition) is 3. The number of unbranched alkanes of at least 4 members (excludes halogenated alkanes) is 2. The average molecular weight is 409 g/mol. The van der Waals surface area contributed by atoms with Crippen LogP contribution in [0.2, 0.25) is 0 Å². The maximum absolute atomic E-state index is 11.5. The zero-order valence-electron chi connectivity index (χ0n) is 18.5. The van der Waals surface area contributed by atoms with Crippen molar-refractivity contribution in [1.29, 1.82) is 0 Å². The van der Waals surface area contributed by atoms with Gasteiger partial charge in [0.15, 0.2) is 0 Å². The van der Waals surface area contributed by atoms with E-state index in [1.165, 1.54) is 42.4 Å². The molecule has 0 bridgehead atoms. The van der Waals surface area contributed by atoms with Crippen molar-refractivity contribution in [2.24, 2.45) is 5.92 Å². The number of rotatable bonds is 13. The summed E-state index contributed by atoms with van der Waals surface area (Å²) in [5.41, 5.74) is 5.63. The van der Waals surface area contributed by atoms with E-state index in [1.54, 1.807) is 6.92 Å². The molecule has 0 aromatic heterocycles. The Bertz CT molecular complexity index is 775. The summed E-state index contributed by atoms with van der Waals surface area (Å²) >= 11 is 0. The number of benzene rings is 2. The molecule has 0 fully saturated rings. The molecule has 0 saturated heterocycles. The number of hydrogen-bond donors (Lipinski definition) is 1. The van der Waals surface area contributed by atoms with Crippen molar-refractivity contribution in [3.8, 4) is 0 Å². The van der Waals surface area contributed by atoms with Crippen LogP contribution in [0.1, 0.15) is 55.4 Å². The highest BCUT2D eigenvalue weighted by atomic mass is 16.5. The van der Waals surface area contributed by atoms with Gasteiger partial charge in [0.2, 0.25) is 0 Å². The highest BCUT2D eigenvalue weighted by molar-refractivity contribution is 5.86. The lowest BCUT2D eigenvalue weighted by Crippen LogP contribution is -2.19. The van der Waals surface area contributed by atoms with Crippen LogP contribution < -0.4 is 0 Å². The summed E-state index contributed by atoms with van der Waals surface area (Å²) in [5, 5.41) is 9.57. The molecule has 2 aromatic carbocycles. The molecule has 162 valence electrons. The summed E-state index contributed by atoms with van der Waals surface area (Å²) < 4.78 is 5.18. The Morgan fingerprint density at radius 3 is 1.87 bits per heavy atom. The maximum atomic E-state index is 11.5. The molecule has 1 atom stereocenters. The summed E-state index contributed by atoms with van der Waals surface area (Å²) in [7, 11) is 0. The molecule has 0 aliphatic rings. The summed E-state index contributed by atoms with van der Waals surface area (Å²) in [4.78, 5) is 11.5. The zero-order chi connectivity index (χ0) is 21.8. The van der Waals surface area contributed by atoms with E-state index >= 15 is 0 Å². The van der Waals surface area contributed by atoms with Crippen LogP contribution in [0, 0.1) is 5.92 Å². The molecule has 0 spiro atoms. The molecular formula is C27H36O3. The average Bonchev–Trinajstić information content (AvgIpc) is 2.76. The largest absolute Gasteiger partial charge is 0.462 e. The van der Waals surface area contributed by atoms with Crippen LogP contribution in [-0.4, -0.2) is 24.3 Å². The van der Waals surface area contributed by atoms with E-state index in [0.29, 0.717) is 12.0 Å². The van der Waals surface area contributed by atoms with Crippen LogP contribution in [0.15, 0.2) is 60.7 Å². The molecule has 3 heteroatoms. The van der Waals surface area contributed by atoms with E-state index < -0.39 is 5.97 Å². The first-order valence-electron chi connectivity index (χ1n) is 11.1. The summed E-state index contributed by atoms with van der Waals surface area (Å²) in [6.07, 6.45) is 7.74. The van der Waals surface area contributed by atoms with Gasteiger partial charge in [0.05, 0.1) is 6.61 Å². The Balaban J connectivity index is 1.79. The smallest absolute Gasteiger partial charge is 0.333 e. The summed E-state index contributed by atoms with van der Waals surface area (Å²) in [6, 6.07) is 17.6. The predicted octanol–water partition coefficient (Wildman–Crippen LogP) is 5.47. The second kappa shape index (κ2) is 13.0. The van der Waals surface area contributed by atoms with Gasteiger partial charge in [0.25, 0.3) is 0 Å². The van der Waals surface area contributed by atoms with Crippen LogP contribution in [0.4, 0.5) is 0 Å². The molecule has 0 heterocycles. The first kappa shape index (κ1) is 23.9. The number of carbonyl (C=O) groups excluding carboxylic acids is 1. The molecule has 1 unspecified atom stereocenters. The van der Waals surface area contributed by atoms with Crippen LogP contribution in [0.3, 0.4) is 0 Å². The fourth-order valence-electron chi connectivity index (χ4n) is 3.41. The molecule has 0 saturated carbocycles. The number of ether oxygens (including phenoxy) is 1. The minimum Gasteiger partial charge on any atom is -0.462 e. The molecule has 30 heavy (non-hydrogen) atoms. The molecule has 0 aliphatic carbocycles. The Morgan fingerprint density at radius 1 is 0.900 bits per heavy atom. The van der Waals surface area contributed by atoms with Gasteiger partial charge < -0.3 is 9.84 Å². The summed E-state index contributed by atoms with van der Waals surface area (Å²) in [6.45, 7) is 7.63. The number of esters is 1. The fourth-order valence-corrected chi connectivity index (χ4v) is 3.41. The first-order chi connectivity index (χ1) is 14.5. The van der Waals surface area contributed by atoms with E-state index in [9.17, 15) is 9.90 Å². The normalized spacial score (nSPS) is 11.8. The van der Waals surface area contributed by atoms with E-state index in [2.05, 4.69) is 62.0 Å². The van der Waals surface area contributed by atoms with Gasteiger partial charge in [-0.2, -0.15) is 0 Å². The number of aliphatic hydroxyl groups excluding tert-OH is 1. The van der Waals surface area contributed by atoms with Gasteiger partial charge in [-0.15, -0.1) is 0 Å². The Kier molecular flexibility index (Phi) is 10.4. The van der Waals surface area contributed by atoms with Gasteiger partial charge in [-0.05, 0) is 61.3 Å². The van der Waals surface area contributed by atoms with Crippen molar-refractivity contribution < 1.29 is 14.6 Å². The Morgan fingerprint density at radius 2 is 1.40 bits per heavy atom. The van der Waals surface area contributed by atoms with Gasteiger partial charge in [-0.3, -0.25) is 0 Å². The number of carbonyl (C=O) groups is 1. The quantitative estimate of drug-likeness (QED) is 0.271. The predicted molar refractivity (Wildman–Crippen MR) is 124 cm³/mol. The lowest BCUT2D eigenvalue weighted by molar-refractivity contribution is -0.140. The molecule has 2 rings (SSSR count). The van der Waals surface area contributed by atoms with E-state index in [-0.39, 0.29) is 19.1 Å². The van der Waals surface area contributed by atoms with Crippen LogP contribution >= 0.6 is 0 Å². The molecule has 0 aliphatic heterocycles. The van der Waals surface area contributed by atoms with Gasteiger partial charge in [0, 0.05) is 18.1 Å². The van der Waals surface area contributed by atoms with Crippen molar-refractivity contribution in [2.75, 3.05) is 13.2 Å². The highest BCUT2D eigenvalue weighted by Crippen LogP contribution is 2.15. The van der Waals surface area contributed by atoms with Gasteiger partial charge in [-0.25, -0.2) is 4.79 Å². The molecule has 0 amide bonds. The van der Waals surface area contributed by atoms with Gasteiger partial charge >= 0.3 is 5.97 Å². The monoisotopic (exact) mass is 408 g/mol. The minimum atomic E-state index is -0.405. The van der Waals surface area contributed by atoms with Crippen molar-refractivity contribution in [3.63, 3.8) is 0 Å². The molecule has 2 aromatic rings. The zero-order valence-corrected chi connectivity index (χ0v) is 18.5. The van der Waals surface area contributed by atoms with E-state index in [0.717, 1.165) is 18.4 Å². The van der Waals surface area contributed by atoms with Gasteiger partial charge in [0.1, 0.15) is 0 Å². The first-order valence-corrected chi connectivity index (χ1v) is 11.1. The Hall–Kier alpha value is -2.39. The molecule has 0 radical (unpaired) electrons. The maximum Gasteiger partial charge on any atom is 0.333 e. The summed E-state index contributed by atoms with van der Waals surface area (Å²) in [5.74, 6) is -0.507. The lowest BCUT2D eigenvalue weighted by Gasteiger charge is -2.15. The van der Waals surface area contributed by atoms with E-state index in [1.807, 2.05) is 0 Å². The third-order valence-corrected chi connectivity index (χ3v) is 5.40. The Labute approximate surface area is 181 Å². The second-order valence-corrected chi connectivity index (χ2v) is 8.22. The standard InChI is InChI=1S/C27H36O3/c1-4-5-6-7-22-8-10-23(11-9-22)12-13-24-14-16-25(17-15-24)18-26(19-28)20-30-27(29)21(2)3/h8-11,14-17,26,28H,2,4-7,12-13,18-20H2,1,3H3. The van der Waals surface area contributed by atoms with Crippen LogP contribution in [0.25, 0.3) is 0 Å². The van der Waals surface area contributed by atoms with E-state index in [4.69, 9.17) is 4.74 Å². The van der Waals surface area contributed by atoms with Crippen molar-refractivity contribution in [1.82, 2.24) is 0 Å². The minimum absolute atomic E-state index is 0.0142. The molecule has 1 N–H and O–H groups in total. The third kappa shape index (κ3) is 8.54. The lowest BCUT2D eigenvalue weighted by atomic mass is 9.97. The topological polar surface area (TPSA) is 46.5 Å². The molecule has 3 nitrogen and oxygen atoms in total. The molecular weight excluding hydrogens is 372 g/mol. The number of aryl methyl sites for hydroxylation is 3. The van der Waals surface area contributed by atoms with Crippen molar-refractivity contribution in [3.05, 3.63) is 82.9 Å². The number of aliphatic hydroxyl groups is 1. The SMILES string of the molecule is C=C(C)C(=O)OCC(CO)Cc1ccc(CCc2ccc(CCCCC)cc2)cc1. The van der Waals surface area contributed by atoms with Crippen LogP contribution in [0.5, 0.6) is 0 Å². The second-order valence-electron chi connectivity index (χ2n) is 8.22. The van der Waals surface area contributed by atoms with Gasteiger partial charge in [-0.1, -0.05) is 74.9 Å². The van der Waals surface area contributed by atoms with Crippen molar-refractivity contribution >= 4 is 5.97 Å². The van der Waals surface area contributed by atoms with Crippen LogP contribution in [-0.2, 0) is 35.2 Å². The fraction of sp³-hybridized carbons (Fsp3) is 0.444.